The van der Waals surface area contributed by atoms with Gasteiger partial charge in [0.2, 0.25) is 17.7 Å². The summed E-state index contributed by atoms with van der Waals surface area (Å²) in [5.41, 5.74) is 2.44. The molecule has 7 rings (SSSR count). The van der Waals surface area contributed by atoms with Gasteiger partial charge in [-0.05, 0) is 54.8 Å². The minimum absolute atomic E-state index is 0.0852. The summed E-state index contributed by atoms with van der Waals surface area (Å²) in [7, 11) is 1.24. The normalized spacial score (nSPS) is 24.7. The Morgan fingerprint density at radius 3 is 2.61 bits per heavy atom. The number of carbonyl (C=O) groups is 4. The van der Waals surface area contributed by atoms with Crippen LogP contribution >= 0.6 is 11.6 Å². The van der Waals surface area contributed by atoms with Gasteiger partial charge in [-0.25, -0.2) is 9.69 Å². The van der Waals surface area contributed by atoms with Crippen molar-refractivity contribution in [3.63, 3.8) is 0 Å². The number of fused-ring (bicyclic) bond motifs is 5. The van der Waals surface area contributed by atoms with Crippen LogP contribution in [0, 0.1) is 18.8 Å². The molecule has 9 nitrogen and oxygen atoms in total. The first-order valence-corrected chi connectivity index (χ1v) is 13.6. The number of rotatable bonds is 4. The lowest BCUT2D eigenvalue weighted by molar-refractivity contribution is -0.130. The van der Waals surface area contributed by atoms with Crippen molar-refractivity contribution >= 4 is 57.6 Å². The number of nitrogens with zero attached hydrogens (tertiary/aromatic N) is 1. The number of esters is 1. The average molecular weight is 569 g/mol. The predicted octanol–water partition coefficient (Wildman–Crippen LogP) is 4.08. The lowest BCUT2D eigenvalue weighted by Crippen LogP contribution is -2.53. The first-order valence-electron chi connectivity index (χ1n) is 13.3. The quantitative estimate of drug-likeness (QED) is 0.252. The van der Waals surface area contributed by atoms with E-state index >= 15 is 0 Å². The smallest absolute Gasteiger partial charge is 0.339 e. The summed E-state index contributed by atoms with van der Waals surface area (Å²) in [6.45, 7) is 1.83. The second-order valence-electron chi connectivity index (χ2n) is 10.7. The van der Waals surface area contributed by atoms with E-state index in [-0.39, 0.29) is 11.3 Å². The number of aromatic nitrogens is 1. The summed E-state index contributed by atoms with van der Waals surface area (Å²) < 4.78 is 4.93. The van der Waals surface area contributed by atoms with E-state index in [9.17, 15) is 19.2 Å². The van der Waals surface area contributed by atoms with Crippen molar-refractivity contribution in [2.45, 2.75) is 24.9 Å². The Morgan fingerprint density at radius 2 is 1.80 bits per heavy atom. The number of benzene rings is 3. The van der Waals surface area contributed by atoms with Crippen LogP contribution < -0.4 is 15.5 Å². The van der Waals surface area contributed by atoms with E-state index in [1.54, 1.807) is 30.3 Å². The topological polar surface area (TPSA) is 121 Å². The molecule has 0 unspecified atom stereocenters. The first kappa shape index (κ1) is 25.5. The van der Waals surface area contributed by atoms with Gasteiger partial charge in [-0.2, -0.15) is 0 Å². The van der Waals surface area contributed by atoms with Gasteiger partial charge in [0, 0.05) is 39.4 Å². The number of carbonyl (C=O) groups excluding carboxylic acids is 4. The highest BCUT2D eigenvalue weighted by Crippen LogP contribution is 2.55. The Kier molecular flexibility index (Phi) is 5.61. The second kappa shape index (κ2) is 9.02. The summed E-state index contributed by atoms with van der Waals surface area (Å²) in [4.78, 5) is 59.6. The van der Waals surface area contributed by atoms with Gasteiger partial charge in [0.1, 0.15) is 5.54 Å². The van der Waals surface area contributed by atoms with E-state index in [4.69, 9.17) is 16.3 Å². The Labute approximate surface area is 239 Å². The van der Waals surface area contributed by atoms with E-state index < -0.39 is 47.1 Å². The summed E-state index contributed by atoms with van der Waals surface area (Å²) in [6, 6.07) is 17.0. The molecule has 0 saturated carbocycles. The molecule has 206 valence electrons. The molecule has 3 N–H and O–H groups in total. The first-order chi connectivity index (χ1) is 19.8. The van der Waals surface area contributed by atoms with Crippen molar-refractivity contribution in [1.29, 1.82) is 0 Å². The number of halogens is 1. The van der Waals surface area contributed by atoms with Gasteiger partial charge in [-0.1, -0.05) is 41.9 Å². The summed E-state index contributed by atoms with van der Waals surface area (Å²) in [6.07, 6.45) is 2.27. The van der Waals surface area contributed by atoms with E-state index in [0.29, 0.717) is 22.7 Å². The third kappa shape index (κ3) is 3.45. The van der Waals surface area contributed by atoms with Crippen LogP contribution in [0.4, 0.5) is 11.4 Å². The third-order valence-corrected chi connectivity index (χ3v) is 8.87. The van der Waals surface area contributed by atoms with Crippen LogP contribution in [-0.4, -0.2) is 41.8 Å². The maximum atomic E-state index is 14.4. The van der Waals surface area contributed by atoms with Gasteiger partial charge < -0.3 is 15.0 Å². The molecule has 0 aliphatic carbocycles. The molecule has 10 heteroatoms. The highest BCUT2D eigenvalue weighted by molar-refractivity contribution is 6.31. The van der Waals surface area contributed by atoms with Crippen molar-refractivity contribution in [3.8, 4) is 0 Å². The molecule has 3 aliphatic rings. The van der Waals surface area contributed by atoms with Crippen LogP contribution in [0.25, 0.3) is 10.9 Å². The van der Waals surface area contributed by atoms with Crippen LogP contribution in [-0.2, 0) is 31.1 Å². The fraction of sp³-hybridized carbons (Fsp3) is 0.226. The standard InChI is InChI=1S/C31H25ClN4O5/c1-15-11-17(32)13-20-26(15)34-30(40)31(20)25-24(22(35-31)12-16-14-33-21-9-5-3-7-18(16)21)27(37)36(28(25)38)23-10-6-4-8-19(23)29(39)41-2/h3-11,13-14,22,24-25,33,35H,12H2,1-2H3,(H,34,40)/t22-,24+,25+,31+/m0/s1. The lowest BCUT2D eigenvalue weighted by atomic mass is 9.76. The molecule has 2 fully saturated rings. The number of nitrogens with one attached hydrogen (secondary N) is 3. The maximum Gasteiger partial charge on any atom is 0.339 e. The van der Waals surface area contributed by atoms with Crippen LogP contribution in [0.2, 0.25) is 5.02 Å². The minimum Gasteiger partial charge on any atom is -0.465 e. The van der Waals surface area contributed by atoms with Crippen LogP contribution in [0.1, 0.15) is 27.0 Å². The minimum atomic E-state index is -1.53. The summed E-state index contributed by atoms with van der Waals surface area (Å²) >= 11 is 6.47. The molecule has 41 heavy (non-hydrogen) atoms. The van der Waals surface area contributed by atoms with Gasteiger partial charge in [-0.15, -0.1) is 0 Å². The molecule has 1 aromatic heterocycles. The number of ether oxygens (including phenoxy) is 1. The highest BCUT2D eigenvalue weighted by Gasteiger charge is 2.71. The number of para-hydroxylation sites is 2. The molecule has 3 aliphatic heterocycles. The zero-order valence-electron chi connectivity index (χ0n) is 22.2. The molecule has 1 spiro atoms. The lowest BCUT2D eigenvalue weighted by Gasteiger charge is -2.30. The zero-order chi connectivity index (χ0) is 28.6. The van der Waals surface area contributed by atoms with Gasteiger partial charge in [0.05, 0.1) is 30.2 Å². The fourth-order valence-corrected chi connectivity index (χ4v) is 7.21. The van der Waals surface area contributed by atoms with E-state index in [1.165, 1.54) is 13.2 Å². The Hall–Kier alpha value is -4.47. The number of hydrogen-bond donors (Lipinski definition) is 3. The number of aromatic amines is 1. The maximum absolute atomic E-state index is 14.4. The fourth-order valence-electron chi connectivity index (χ4n) is 6.93. The Bertz CT molecular complexity index is 1820. The van der Waals surface area contributed by atoms with Crippen LogP contribution in [0.15, 0.2) is 66.9 Å². The Morgan fingerprint density at radius 1 is 1.05 bits per heavy atom. The number of methoxy groups -OCH3 is 1. The van der Waals surface area contributed by atoms with E-state index in [2.05, 4.69) is 15.6 Å². The number of amides is 3. The number of aryl methyl sites for hydroxylation is 1. The summed E-state index contributed by atoms with van der Waals surface area (Å²) in [5.74, 6) is -4.10. The van der Waals surface area contributed by atoms with Crippen molar-refractivity contribution in [1.82, 2.24) is 10.3 Å². The monoisotopic (exact) mass is 568 g/mol. The van der Waals surface area contributed by atoms with Gasteiger partial charge >= 0.3 is 5.97 Å². The molecule has 2 saturated heterocycles. The molecule has 4 aromatic rings. The number of H-pyrrole nitrogens is 1. The molecule has 0 radical (unpaired) electrons. The molecule has 4 atom stereocenters. The van der Waals surface area contributed by atoms with Crippen molar-refractivity contribution in [2.75, 3.05) is 17.3 Å². The molecular formula is C31H25ClN4O5. The molecule has 3 aromatic carbocycles. The molecule has 4 heterocycles. The Balaban J connectivity index is 1.41. The molecule has 0 bridgehead atoms. The van der Waals surface area contributed by atoms with Crippen molar-refractivity contribution in [3.05, 3.63) is 94.1 Å². The summed E-state index contributed by atoms with van der Waals surface area (Å²) in [5, 5.41) is 7.83. The van der Waals surface area contributed by atoms with Crippen LogP contribution in [0.3, 0.4) is 0 Å². The van der Waals surface area contributed by atoms with Crippen LogP contribution in [0.5, 0.6) is 0 Å². The SMILES string of the molecule is COC(=O)c1ccccc1N1C(=O)[C@@H]2[C@H](Cc3c[nH]c4ccccc34)N[C@@]3(C(=O)Nc4c(C)cc(Cl)cc43)[C@H]2C1=O. The number of anilines is 2. The molecular weight excluding hydrogens is 544 g/mol. The van der Waals surface area contributed by atoms with Gasteiger partial charge in [-0.3, -0.25) is 19.7 Å². The second-order valence-corrected chi connectivity index (χ2v) is 11.2. The van der Waals surface area contributed by atoms with E-state index in [1.807, 2.05) is 37.4 Å². The number of hydrogen-bond acceptors (Lipinski definition) is 6. The average Bonchev–Trinajstić information content (AvgIpc) is 3.68. The van der Waals surface area contributed by atoms with E-state index in [0.717, 1.165) is 26.9 Å². The third-order valence-electron chi connectivity index (χ3n) is 8.65. The van der Waals surface area contributed by atoms with Gasteiger partial charge in [0.15, 0.2) is 0 Å². The number of imide groups is 1. The zero-order valence-corrected chi connectivity index (χ0v) is 22.9. The van der Waals surface area contributed by atoms with Crippen molar-refractivity contribution < 1.29 is 23.9 Å². The van der Waals surface area contributed by atoms with Crippen molar-refractivity contribution in [2.24, 2.45) is 11.8 Å². The molecule has 3 amide bonds. The predicted molar refractivity (Wildman–Crippen MR) is 153 cm³/mol. The highest BCUT2D eigenvalue weighted by atomic mass is 35.5. The largest absolute Gasteiger partial charge is 0.465 e. The van der Waals surface area contributed by atoms with Gasteiger partial charge in [0.25, 0.3) is 0 Å².